The second kappa shape index (κ2) is 5.71. The standard InChI is InChI=1S/C13H10BrClFNO2S/c1-8-6-9(16)2-5-13(8)20(18,19)17-10-3-4-12(15)11(14)7-10/h2-7,17H,1H3. The number of nitrogens with one attached hydrogen (secondary N) is 1. The minimum atomic E-state index is -3.77. The fourth-order valence-electron chi connectivity index (χ4n) is 1.68. The lowest BCUT2D eigenvalue weighted by atomic mass is 10.2. The van der Waals surface area contributed by atoms with E-state index in [1.165, 1.54) is 19.1 Å². The van der Waals surface area contributed by atoms with Crippen molar-refractivity contribution in [1.82, 2.24) is 0 Å². The van der Waals surface area contributed by atoms with E-state index in [4.69, 9.17) is 11.6 Å². The first-order chi connectivity index (χ1) is 9.29. The molecule has 106 valence electrons. The van der Waals surface area contributed by atoms with Gasteiger partial charge < -0.3 is 0 Å². The summed E-state index contributed by atoms with van der Waals surface area (Å²) >= 11 is 9.06. The molecular formula is C13H10BrClFNO2S. The van der Waals surface area contributed by atoms with Crippen molar-refractivity contribution in [2.45, 2.75) is 11.8 Å². The van der Waals surface area contributed by atoms with Crippen molar-refractivity contribution in [3.8, 4) is 0 Å². The third-order valence-corrected chi connectivity index (χ3v) is 5.35. The molecule has 0 saturated heterocycles. The van der Waals surface area contributed by atoms with E-state index in [0.717, 1.165) is 6.07 Å². The van der Waals surface area contributed by atoms with Crippen LogP contribution in [0.3, 0.4) is 0 Å². The predicted octanol–water partition coefficient (Wildman–Crippen LogP) is 4.35. The zero-order chi connectivity index (χ0) is 14.9. The van der Waals surface area contributed by atoms with Crippen LogP contribution >= 0.6 is 27.5 Å². The lowest BCUT2D eigenvalue weighted by Crippen LogP contribution is -2.14. The number of benzene rings is 2. The van der Waals surface area contributed by atoms with Gasteiger partial charge in [-0.1, -0.05) is 11.6 Å². The van der Waals surface area contributed by atoms with Crippen LogP contribution in [0.4, 0.5) is 10.1 Å². The molecule has 0 saturated carbocycles. The molecule has 0 fully saturated rings. The van der Waals surface area contributed by atoms with Gasteiger partial charge in [0, 0.05) is 4.47 Å². The Morgan fingerprint density at radius 2 is 1.90 bits per heavy atom. The number of anilines is 1. The number of hydrogen-bond acceptors (Lipinski definition) is 2. The Bertz CT molecular complexity index is 765. The highest BCUT2D eigenvalue weighted by Gasteiger charge is 2.17. The van der Waals surface area contributed by atoms with Crippen LogP contribution in [0.15, 0.2) is 45.8 Å². The zero-order valence-electron chi connectivity index (χ0n) is 10.3. The predicted molar refractivity (Wildman–Crippen MR) is 81.1 cm³/mol. The van der Waals surface area contributed by atoms with Crippen LogP contribution in [0.25, 0.3) is 0 Å². The molecule has 0 unspecified atom stereocenters. The Morgan fingerprint density at radius 1 is 1.20 bits per heavy atom. The molecule has 0 aliphatic carbocycles. The lowest BCUT2D eigenvalue weighted by molar-refractivity contribution is 0.598. The molecule has 0 aliphatic rings. The van der Waals surface area contributed by atoms with Gasteiger partial charge in [0.25, 0.3) is 10.0 Å². The summed E-state index contributed by atoms with van der Waals surface area (Å²) in [5.74, 6) is -0.476. The molecule has 0 heterocycles. The Hall–Kier alpha value is -1.11. The van der Waals surface area contributed by atoms with E-state index >= 15 is 0 Å². The number of hydrogen-bond donors (Lipinski definition) is 1. The molecule has 0 aromatic heterocycles. The Morgan fingerprint density at radius 3 is 2.50 bits per heavy atom. The molecule has 1 N–H and O–H groups in total. The molecule has 0 atom stereocenters. The topological polar surface area (TPSA) is 46.2 Å². The first-order valence-electron chi connectivity index (χ1n) is 5.53. The minimum absolute atomic E-state index is 0.0324. The minimum Gasteiger partial charge on any atom is -0.280 e. The first-order valence-corrected chi connectivity index (χ1v) is 8.19. The van der Waals surface area contributed by atoms with Crippen LogP contribution in [-0.2, 0) is 10.0 Å². The van der Waals surface area contributed by atoms with Crippen LogP contribution in [0.1, 0.15) is 5.56 Å². The van der Waals surface area contributed by atoms with E-state index in [2.05, 4.69) is 20.7 Å². The van der Waals surface area contributed by atoms with E-state index in [9.17, 15) is 12.8 Å². The van der Waals surface area contributed by atoms with Crippen molar-refractivity contribution in [3.05, 3.63) is 57.3 Å². The third kappa shape index (κ3) is 3.31. The van der Waals surface area contributed by atoms with Crippen LogP contribution < -0.4 is 4.72 Å². The smallest absolute Gasteiger partial charge is 0.262 e. The number of aryl methyl sites for hydroxylation is 1. The van der Waals surface area contributed by atoms with Gasteiger partial charge in [-0.3, -0.25) is 4.72 Å². The maximum Gasteiger partial charge on any atom is 0.262 e. The molecule has 0 spiro atoms. The van der Waals surface area contributed by atoms with E-state index < -0.39 is 15.8 Å². The monoisotopic (exact) mass is 377 g/mol. The quantitative estimate of drug-likeness (QED) is 0.863. The van der Waals surface area contributed by atoms with E-state index in [0.29, 0.717) is 20.7 Å². The molecule has 0 aliphatic heterocycles. The summed E-state index contributed by atoms with van der Waals surface area (Å²) in [6, 6.07) is 8.19. The van der Waals surface area contributed by atoms with Crippen LogP contribution in [-0.4, -0.2) is 8.42 Å². The second-order valence-electron chi connectivity index (χ2n) is 4.14. The molecule has 2 rings (SSSR count). The molecule has 2 aromatic carbocycles. The van der Waals surface area contributed by atoms with Gasteiger partial charge in [-0.05, 0) is 64.8 Å². The molecule has 0 radical (unpaired) electrons. The molecule has 3 nitrogen and oxygen atoms in total. The Kier molecular flexibility index (Phi) is 4.36. The molecule has 0 bridgehead atoms. The van der Waals surface area contributed by atoms with E-state index in [1.54, 1.807) is 18.2 Å². The van der Waals surface area contributed by atoms with E-state index in [1.807, 2.05) is 0 Å². The Labute approximate surface area is 130 Å². The van der Waals surface area contributed by atoms with Crippen molar-refractivity contribution >= 4 is 43.2 Å². The van der Waals surface area contributed by atoms with Crippen molar-refractivity contribution in [1.29, 1.82) is 0 Å². The van der Waals surface area contributed by atoms with Gasteiger partial charge in [-0.25, -0.2) is 12.8 Å². The van der Waals surface area contributed by atoms with Crippen LogP contribution in [0.5, 0.6) is 0 Å². The van der Waals surface area contributed by atoms with Gasteiger partial charge >= 0.3 is 0 Å². The number of halogens is 3. The molecule has 20 heavy (non-hydrogen) atoms. The van der Waals surface area contributed by atoms with Gasteiger partial charge in [-0.2, -0.15) is 0 Å². The normalized spacial score (nSPS) is 11.4. The maximum atomic E-state index is 13.0. The second-order valence-corrected chi connectivity index (χ2v) is 7.06. The summed E-state index contributed by atoms with van der Waals surface area (Å²) in [7, 11) is -3.77. The number of rotatable bonds is 3. The van der Waals surface area contributed by atoms with Crippen molar-refractivity contribution < 1.29 is 12.8 Å². The highest BCUT2D eigenvalue weighted by molar-refractivity contribution is 9.10. The maximum absolute atomic E-state index is 13.0. The van der Waals surface area contributed by atoms with Gasteiger partial charge in [0.05, 0.1) is 15.6 Å². The molecule has 2 aromatic rings. The molecule has 7 heteroatoms. The SMILES string of the molecule is Cc1cc(F)ccc1S(=O)(=O)Nc1ccc(Cl)c(Br)c1. The molecule has 0 amide bonds. The van der Waals surface area contributed by atoms with Gasteiger partial charge in [-0.15, -0.1) is 0 Å². The zero-order valence-corrected chi connectivity index (χ0v) is 13.5. The largest absolute Gasteiger partial charge is 0.280 e. The summed E-state index contributed by atoms with van der Waals surface area (Å²) in [6.07, 6.45) is 0. The van der Waals surface area contributed by atoms with Gasteiger partial charge in [0.15, 0.2) is 0 Å². The highest BCUT2D eigenvalue weighted by atomic mass is 79.9. The summed E-state index contributed by atoms with van der Waals surface area (Å²) in [4.78, 5) is 0.0324. The van der Waals surface area contributed by atoms with Crippen molar-refractivity contribution in [2.75, 3.05) is 4.72 Å². The van der Waals surface area contributed by atoms with Crippen molar-refractivity contribution in [2.24, 2.45) is 0 Å². The number of sulfonamides is 1. The summed E-state index contributed by atoms with van der Waals surface area (Å²) in [5.41, 5.74) is 0.704. The Balaban J connectivity index is 2.38. The lowest BCUT2D eigenvalue weighted by Gasteiger charge is -2.11. The highest BCUT2D eigenvalue weighted by Crippen LogP contribution is 2.27. The van der Waals surface area contributed by atoms with Gasteiger partial charge in [0.1, 0.15) is 5.82 Å². The van der Waals surface area contributed by atoms with Crippen LogP contribution in [0, 0.1) is 12.7 Å². The molecular weight excluding hydrogens is 369 g/mol. The van der Waals surface area contributed by atoms with Crippen LogP contribution in [0.2, 0.25) is 5.02 Å². The fourth-order valence-corrected chi connectivity index (χ4v) is 3.46. The van der Waals surface area contributed by atoms with Crippen molar-refractivity contribution in [3.63, 3.8) is 0 Å². The van der Waals surface area contributed by atoms with Gasteiger partial charge in [0.2, 0.25) is 0 Å². The summed E-state index contributed by atoms with van der Waals surface area (Å²) in [5, 5.41) is 0.478. The first kappa shape index (κ1) is 15.3. The summed E-state index contributed by atoms with van der Waals surface area (Å²) < 4.78 is 40.5. The summed E-state index contributed by atoms with van der Waals surface area (Å²) in [6.45, 7) is 1.54. The average Bonchev–Trinajstić information content (AvgIpc) is 2.33. The van der Waals surface area contributed by atoms with E-state index in [-0.39, 0.29) is 4.90 Å². The fraction of sp³-hybridized carbons (Fsp3) is 0.0769. The third-order valence-electron chi connectivity index (χ3n) is 2.60. The average molecular weight is 379 g/mol.